The Hall–Kier alpha value is -1.84. The minimum atomic E-state index is 0.481. The van der Waals surface area contributed by atoms with Crippen molar-refractivity contribution in [2.75, 3.05) is 11.1 Å². The lowest BCUT2D eigenvalue weighted by molar-refractivity contribution is 0.361. The van der Waals surface area contributed by atoms with E-state index in [-0.39, 0.29) is 0 Å². The lowest BCUT2D eigenvalue weighted by Gasteiger charge is -2.27. The summed E-state index contributed by atoms with van der Waals surface area (Å²) in [6, 6.07) is 8.31. The van der Waals surface area contributed by atoms with Crippen molar-refractivity contribution < 1.29 is 0 Å². The molecule has 1 fully saturated rings. The monoisotopic (exact) mass is 256 g/mol. The van der Waals surface area contributed by atoms with Gasteiger partial charge in [-0.1, -0.05) is 19.1 Å². The van der Waals surface area contributed by atoms with E-state index in [0.717, 1.165) is 22.8 Å². The zero-order valence-electron chi connectivity index (χ0n) is 11.3. The van der Waals surface area contributed by atoms with E-state index in [9.17, 15) is 0 Å². The van der Waals surface area contributed by atoms with Crippen LogP contribution in [0.4, 0.5) is 11.6 Å². The van der Waals surface area contributed by atoms with Gasteiger partial charge < -0.3 is 11.1 Å². The number of nitrogens with one attached hydrogen (secondary N) is 1. The molecule has 1 heterocycles. The topological polar surface area (TPSA) is 63.8 Å². The van der Waals surface area contributed by atoms with Gasteiger partial charge in [0, 0.05) is 6.04 Å². The lowest BCUT2D eigenvalue weighted by Crippen LogP contribution is -2.26. The lowest BCUT2D eigenvalue weighted by atomic mass is 9.87. The number of nitrogens with two attached hydrogens (primary N) is 1. The Labute approximate surface area is 113 Å². The van der Waals surface area contributed by atoms with Gasteiger partial charge in [0.2, 0.25) is 0 Å². The first kappa shape index (κ1) is 12.2. The number of hydrogen-bond donors (Lipinski definition) is 2. The summed E-state index contributed by atoms with van der Waals surface area (Å²) in [6.07, 6.45) is 4.93. The van der Waals surface area contributed by atoms with Crippen molar-refractivity contribution in [1.82, 2.24) is 9.97 Å². The van der Waals surface area contributed by atoms with Crippen LogP contribution in [-0.4, -0.2) is 16.0 Å². The molecule has 1 saturated carbocycles. The highest BCUT2D eigenvalue weighted by molar-refractivity contribution is 5.79. The van der Waals surface area contributed by atoms with Crippen molar-refractivity contribution in [3.05, 3.63) is 24.3 Å². The predicted octanol–water partition coefficient (Wildman–Crippen LogP) is 3.20. The normalized spacial score (nSPS) is 23.4. The van der Waals surface area contributed by atoms with E-state index in [1.54, 1.807) is 0 Å². The first-order chi connectivity index (χ1) is 9.22. The molecule has 100 valence electrons. The summed E-state index contributed by atoms with van der Waals surface area (Å²) in [4.78, 5) is 9.00. The van der Waals surface area contributed by atoms with Crippen molar-refractivity contribution >= 4 is 22.7 Å². The summed E-state index contributed by atoms with van der Waals surface area (Å²) >= 11 is 0. The molecule has 0 unspecified atom stereocenters. The SMILES string of the molecule is CC1CCC(Nc2nc3ccccc3nc2N)CC1. The molecule has 4 nitrogen and oxygen atoms in total. The third-order valence-electron chi connectivity index (χ3n) is 3.95. The van der Waals surface area contributed by atoms with Gasteiger partial charge in [0.15, 0.2) is 11.6 Å². The van der Waals surface area contributed by atoms with Crippen LogP contribution in [0.5, 0.6) is 0 Å². The van der Waals surface area contributed by atoms with Crippen LogP contribution in [0.3, 0.4) is 0 Å². The molecule has 1 aliphatic carbocycles. The largest absolute Gasteiger partial charge is 0.381 e. The van der Waals surface area contributed by atoms with Gasteiger partial charge in [-0.3, -0.25) is 0 Å². The van der Waals surface area contributed by atoms with Gasteiger partial charge in [0.25, 0.3) is 0 Å². The molecule has 1 aromatic heterocycles. The quantitative estimate of drug-likeness (QED) is 0.866. The summed E-state index contributed by atoms with van der Waals surface area (Å²) < 4.78 is 0. The molecule has 0 atom stereocenters. The summed E-state index contributed by atoms with van der Waals surface area (Å²) in [5.74, 6) is 2.08. The maximum Gasteiger partial charge on any atom is 0.169 e. The van der Waals surface area contributed by atoms with E-state index >= 15 is 0 Å². The molecule has 1 aromatic carbocycles. The fourth-order valence-electron chi connectivity index (χ4n) is 2.72. The maximum absolute atomic E-state index is 6.00. The molecule has 4 heteroatoms. The Balaban J connectivity index is 1.82. The van der Waals surface area contributed by atoms with Crippen molar-refractivity contribution in [2.24, 2.45) is 5.92 Å². The van der Waals surface area contributed by atoms with E-state index in [1.165, 1.54) is 25.7 Å². The molecule has 0 bridgehead atoms. The molecule has 0 radical (unpaired) electrons. The third kappa shape index (κ3) is 2.62. The van der Waals surface area contributed by atoms with Crippen LogP contribution in [0.25, 0.3) is 11.0 Å². The molecule has 0 saturated heterocycles. The van der Waals surface area contributed by atoms with Gasteiger partial charge in [0.05, 0.1) is 11.0 Å². The Bertz CT molecular complexity index is 573. The van der Waals surface area contributed by atoms with E-state index in [2.05, 4.69) is 22.2 Å². The maximum atomic E-state index is 6.00. The highest BCUT2D eigenvalue weighted by atomic mass is 15.1. The minimum Gasteiger partial charge on any atom is -0.381 e. The average molecular weight is 256 g/mol. The highest BCUT2D eigenvalue weighted by Gasteiger charge is 2.19. The number of aromatic nitrogens is 2. The van der Waals surface area contributed by atoms with E-state index < -0.39 is 0 Å². The number of fused-ring (bicyclic) bond motifs is 1. The number of benzene rings is 1. The average Bonchev–Trinajstić information content (AvgIpc) is 2.42. The number of para-hydroxylation sites is 2. The van der Waals surface area contributed by atoms with Crippen LogP contribution in [-0.2, 0) is 0 Å². The summed E-state index contributed by atoms with van der Waals surface area (Å²) in [5.41, 5.74) is 7.74. The van der Waals surface area contributed by atoms with E-state index in [1.807, 2.05) is 24.3 Å². The fraction of sp³-hybridized carbons (Fsp3) is 0.467. The molecule has 0 spiro atoms. The van der Waals surface area contributed by atoms with E-state index in [4.69, 9.17) is 5.73 Å². The van der Waals surface area contributed by atoms with Crippen LogP contribution in [0.1, 0.15) is 32.6 Å². The number of hydrogen-bond acceptors (Lipinski definition) is 4. The zero-order valence-corrected chi connectivity index (χ0v) is 11.3. The molecule has 0 amide bonds. The second-order valence-electron chi connectivity index (χ2n) is 5.55. The standard InChI is InChI=1S/C15H20N4/c1-10-6-8-11(9-7-10)17-15-14(16)18-12-4-2-3-5-13(12)19-15/h2-5,10-11H,6-9H2,1H3,(H2,16,18)(H,17,19). The Morgan fingerprint density at radius 2 is 1.68 bits per heavy atom. The van der Waals surface area contributed by atoms with Crippen LogP contribution in [0.2, 0.25) is 0 Å². The number of nitrogen functional groups attached to an aromatic ring is 1. The Kier molecular flexibility index (Phi) is 3.23. The second-order valence-corrected chi connectivity index (χ2v) is 5.55. The summed E-state index contributed by atoms with van der Waals surface area (Å²) in [7, 11) is 0. The first-order valence-corrected chi connectivity index (χ1v) is 7.01. The molecule has 0 aliphatic heterocycles. The van der Waals surface area contributed by atoms with Gasteiger partial charge >= 0.3 is 0 Å². The summed E-state index contributed by atoms with van der Waals surface area (Å²) in [5, 5.41) is 3.46. The van der Waals surface area contributed by atoms with Crippen LogP contribution >= 0.6 is 0 Å². The molecule has 3 N–H and O–H groups in total. The first-order valence-electron chi connectivity index (χ1n) is 7.01. The predicted molar refractivity (Wildman–Crippen MR) is 79.0 cm³/mol. The molecular weight excluding hydrogens is 236 g/mol. The minimum absolute atomic E-state index is 0.481. The smallest absolute Gasteiger partial charge is 0.169 e. The van der Waals surface area contributed by atoms with Crippen molar-refractivity contribution in [1.29, 1.82) is 0 Å². The van der Waals surface area contributed by atoms with Crippen molar-refractivity contribution in [3.8, 4) is 0 Å². The third-order valence-corrected chi connectivity index (χ3v) is 3.95. The van der Waals surface area contributed by atoms with Gasteiger partial charge in [-0.15, -0.1) is 0 Å². The number of rotatable bonds is 2. The second kappa shape index (κ2) is 5.03. The van der Waals surface area contributed by atoms with Crippen LogP contribution in [0, 0.1) is 5.92 Å². The van der Waals surface area contributed by atoms with Gasteiger partial charge in [-0.25, -0.2) is 9.97 Å². The molecule has 2 aromatic rings. The van der Waals surface area contributed by atoms with Crippen LogP contribution < -0.4 is 11.1 Å². The van der Waals surface area contributed by atoms with Crippen molar-refractivity contribution in [3.63, 3.8) is 0 Å². The zero-order chi connectivity index (χ0) is 13.2. The molecular formula is C15H20N4. The Morgan fingerprint density at radius 1 is 1.05 bits per heavy atom. The van der Waals surface area contributed by atoms with Crippen LogP contribution in [0.15, 0.2) is 24.3 Å². The van der Waals surface area contributed by atoms with Gasteiger partial charge in [-0.05, 0) is 43.7 Å². The molecule has 19 heavy (non-hydrogen) atoms. The Morgan fingerprint density at radius 3 is 2.37 bits per heavy atom. The van der Waals surface area contributed by atoms with E-state index in [0.29, 0.717) is 11.9 Å². The highest BCUT2D eigenvalue weighted by Crippen LogP contribution is 2.27. The van der Waals surface area contributed by atoms with Crippen molar-refractivity contribution in [2.45, 2.75) is 38.6 Å². The number of nitrogens with zero attached hydrogens (tertiary/aromatic N) is 2. The van der Waals surface area contributed by atoms with Gasteiger partial charge in [-0.2, -0.15) is 0 Å². The molecule has 1 aliphatic rings. The fourth-order valence-corrected chi connectivity index (χ4v) is 2.72. The van der Waals surface area contributed by atoms with Gasteiger partial charge in [0.1, 0.15) is 0 Å². The summed E-state index contributed by atoms with van der Waals surface area (Å²) in [6.45, 7) is 2.32. The molecule has 3 rings (SSSR count). The number of anilines is 2.